The number of aromatic nitrogens is 2. The van der Waals surface area contributed by atoms with E-state index >= 15 is 0 Å². The molecule has 7 nitrogen and oxygen atoms in total. The Labute approximate surface area is 103 Å². The van der Waals surface area contributed by atoms with Crippen molar-refractivity contribution >= 4 is 5.91 Å². The number of carbonyl (C=O) groups is 1. The lowest BCUT2D eigenvalue weighted by atomic mass is 10.2. The minimum atomic E-state index is -0.601. The van der Waals surface area contributed by atoms with Gasteiger partial charge in [-0.1, -0.05) is 0 Å². The predicted molar refractivity (Wildman–Crippen MR) is 63.1 cm³/mol. The summed E-state index contributed by atoms with van der Waals surface area (Å²) in [4.78, 5) is 38.0. The molecule has 1 aliphatic heterocycles. The number of aliphatic hydroxyl groups is 1. The van der Waals surface area contributed by atoms with Crippen LogP contribution in [0.4, 0.5) is 0 Å². The summed E-state index contributed by atoms with van der Waals surface area (Å²) < 4.78 is 1.15. The highest BCUT2D eigenvalue weighted by Gasteiger charge is 2.27. The molecule has 1 amide bonds. The lowest BCUT2D eigenvalue weighted by Crippen LogP contribution is -2.42. The van der Waals surface area contributed by atoms with Crippen LogP contribution < -0.4 is 11.2 Å². The first-order valence-corrected chi connectivity index (χ1v) is 5.82. The Kier molecular flexibility index (Phi) is 3.61. The summed E-state index contributed by atoms with van der Waals surface area (Å²) in [7, 11) is 0. The van der Waals surface area contributed by atoms with Crippen LogP contribution in [0.25, 0.3) is 0 Å². The fourth-order valence-corrected chi connectivity index (χ4v) is 2.16. The van der Waals surface area contributed by atoms with E-state index in [-0.39, 0.29) is 25.1 Å². The van der Waals surface area contributed by atoms with Crippen LogP contribution in [0.1, 0.15) is 12.8 Å². The molecule has 1 aromatic heterocycles. The van der Waals surface area contributed by atoms with E-state index in [4.69, 9.17) is 5.11 Å². The van der Waals surface area contributed by atoms with Crippen molar-refractivity contribution in [2.45, 2.75) is 25.4 Å². The predicted octanol–water partition coefficient (Wildman–Crippen LogP) is -1.48. The highest BCUT2D eigenvalue weighted by Crippen LogP contribution is 2.16. The Bertz CT molecular complexity index is 548. The molecule has 0 unspecified atom stereocenters. The van der Waals surface area contributed by atoms with Gasteiger partial charge < -0.3 is 10.0 Å². The van der Waals surface area contributed by atoms with E-state index in [0.717, 1.165) is 17.4 Å². The van der Waals surface area contributed by atoms with Crippen LogP contribution in [-0.2, 0) is 11.3 Å². The standard InChI is InChI=1S/C11H15N3O4/c15-7-8-2-1-4-14(8)10(17)6-13-5-3-9(16)12-11(13)18/h3,5,8,15H,1-2,4,6-7H2,(H,12,16,18)/t8-/m1/s1. The molecular weight excluding hydrogens is 238 g/mol. The van der Waals surface area contributed by atoms with Gasteiger partial charge in [-0.2, -0.15) is 0 Å². The van der Waals surface area contributed by atoms with Crippen molar-refractivity contribution in [2.24, 2.45) is 0 Å². The largest absolute Gasteiger partial charge is 0.394 e. The van der Waals surface area contributed by atoms with E-state index in [1.807, 2.05) is 0 Å². The molecule has 1 saturated heterocycles. The number of nitrogens with zero attached hydrogens (tertiary/aromatic N) is 2. The Morgan fingerprint density at radius 1 is 1.50 bits per heavy atom. The second kappa shape index (κ2) is 5.18. The SMILES string of the molecule is O=C(Cn1ccc(=O)[nH]c1=O)N1CCC[C@@H]1CO. The number of H-pyrrole nitrogens is 1. The Hall–Kier alpha value is -1.89. The Balaban J connectivity index is 2.11. The summed E-state index contributed by atoms with van der Waals surface area (Å²) in [6.45, 7) is 0.417. The molecule has 18 heavy (non-hydrogen) atoms. The minimum absolute atomic E-state index is 0.0632. The molecule has 1 aliphatic rings. The van der Waals surface area contributed by atoms with E-state index in [1.54, 1.807) is 4.90 Å². The first kappa shape index (κ1) is 12.6. The summed E-state index contributed by atoms with van der Waals surface area (Å²) in [5.74, 6) is -0.222. The van der Waals surface area contributed by atoms with Gasteiger partial charge in [0, 0.05) is 18.8 Å². The van der Waals surface area contributed by atoms with Gasteiger partial charge in [-0.15, -0.1) is 0 Å². The quantitative estimate of drug-likeness (QED) is 0.686. The summed E-state index contributed by atoms with van der Waals surface area (Å²) in [5.41, 5.74) is -1.09. The van der Waals surface area contributed by atoms with E-state index in [0.29, 0.717) is 6.54 Å². The fraction of sp³-hybridized carbons (Fsp3) is 0.545. The molecule has 98 valence electrons. The van der Waals surface area contributed by atoms with Crippen molar-refractivity contribution in [3.8, 4) is 0 Å². The third-order valence-corrected chi connectivity index (χ3v) is 3.11. The van der Waals surface area contributed by atoms with Gasteiger partial charge in [-0.25, -0.2) is 4.79 Å². The molecule has 0 aliphatic carbocycles. The lowest BCUT2D eigenvalue weighted by molar-refractivity contribution is -0.133. The zero-order valence-corrected chi connectivity index (χ0v) is 9.83. The van der Waals surface area contributed by atoms with Crippen LogP contribution in [-0.4, -0.2) is 44.7 Å². The molecule has 2 heterocycles. The van der Waals surface area contributed by atoms with E-state index in [2.05, 4.69) is 4.98 Å². The van der Waals surface area contributed by atoms with Gasteiger partial charge in [0.25, 0.3) is 5.56 Å². The first-order chi connectivity index (χ1) is 8.61. The van der Waals surface area contributed by atoms with Crippen LogP contribution in [0.15, 0.2) is 21.9 Å². The minimum Gasteiger partial charge on any atom is -0.394 e. The molecule has 0 saturated carbocycles. The summed E-state index contributed by atoms with van der Waals surface area (Å²) >= 11 is 0. The van der Waals surface area contributed by atoms with Crippen molar-refractivity contribution in [3.05, 3.63) is 33.1 Å². The number of carbonyl (C=O) groups excluding carboxylic acids is 1. The molecule has 0 radical (unpaired) electrons. The van der Waals surface area contributed by atoms with Gasteiger partial charge in [0.2, 0.25) is 5.91 Å². The van der Waals surface area contributed by atoms with Crippen molar-refractivity contribution in [2.75, 3.05) is 13.2 Å². The molecular formula is C11H15N3O4. The molecule has 2 rings (SSSR count). The second-order valence-corrected chi connectivity index (χ2v) is 4.30. The smallest absolute Gasteiger partial charge is 0.328 e. The molecule has 1 fully saturated rings. The maximum absolute atomic E-state index is 12.0. The van der Waals surface area contributed by atoms with Gasteiger partial charge in [0.15, 0.2) is 0 Å². The number of hydrogen-bond acceptors (Lipinski definition) is 4. The fourth-order valence-electron chi connectivity index (χ4n) is 2.16. The van der Waals surface area contributed by atoms with E-state index < -0.39 is 11.2 Å². The van der Waals surface area contributed by atoms with Gasteiger partial charge in [-0.05, 0) is 12.8 Å². The highest BCUT2D eigenvalue weighted by molar-refractivity contribution is 5.76. The average molecular weight is 253 g/mol. The van der Waals surface area contributed by atoms with Crippen LogP contribution in [0, 0.1) is 0 Å². The molecule has 0 spiro atoms. The first-order valence-electron chi connectivity index (χ1n) is 5.82. The summed E-state index contributed by atoms with van der Waals surface area (Å²) in [6.07, 6.45) is 2.93. The van der Waals surface area contributed by atoms with Gasteiger partial charge in [0.05, 0.1) is 12.6 Å². The highest BCUT2D eigenvalue weighted by atomic mass is 16.3. The van der Waals surface area contributed by atoms with Crippen LogP contribution in [0.2, 0.25) is 0 Å². The average Bonchev–Trinajstić information content (AvgIpc) is 2.81. The lowest BCUT2D eigenvalue weighted by Gasteiger charge is -2.23. The monoisotopic (exact) mass is 253 g/mol. The molecule has 1 aromatic rings. The number of likely N-dealkylation sites (tertiary alicyclic amines) is 1. The van der Waals surface area contributed by atoms with Crippen molar-refractivity contribution in [1.29, 1.82) is 0 Å². The second-order valence-electron chi connectivity index (χ2n) is 4.30. The molecule has 7 heteroatoms. The summed E-state index contributed by atoms with van der Waals surface area (Å²) in [5, 5.41) is 9.13. The maximum Gasteiger partial charge on any atom is 0.328 e. The van der Waals surface area contributed by atoms with Gasteiger partial charge in [0.1, 0.15) is 6.54 Å². The van der Waals surface area contributed by atoms with Gasteiger partial charge in [-0.3, -0.25) is 19.1 Å². The molecule has 2 N–H and O–H groups in total. The molecule has 1 atom stereocenters. The van der Waals surface area contributed by atoms with E-state index in [9.17, 15) is 14.4 Å². The van der Waals surface area contributed by atoms with Crippen molar-refractivity contribution in [1.82, 2.24) is 14.5 Å². The molecule has 0 bridgehead atoms. The van der Waals surface area contributed by atoms with Crippen molar-refractivity contribution < 1.29 is 9.90 Å². The number of hydrogen-bond donors (Lipinski definition) is 2. The van der Waals surface area contributed by atoms with Crippen LogP contribution in [0.5, 0.6) is 0 Å². The van der Waals surface area contributed by atoms with Crippen LogP contribution >= 0.6 is 0 Å². The summed E-state index contributed by atoms with van der Waals surface area (Å²) in [6, 6.07) is 1.04. The number of rotatable bonds is 3. The number of aromatic amines is 1. The normalized spacial score (nSPS) is 19.2. The zero-order valence-electron chi connectivity index (χ0n) is 9.83. The Morgan fingerprint density at radius 2 is 2.28 bits per heavy atom. The van der Waals surface area contributed by atoms with Crippen molar-refractivity contribution in [3.63, 3.8) is 0 Å². The third-order valence-electron chi connectivity index (χ3n) is 3.11. The van der Waals surface area contributed by atoms with Crippen LogP contribution in [0.3, 0.4) is 0 Å². The van der Waals surface area contributed by atoms with Gasteiger partial charge >= 0.3 is 5.69 Å². The third kappa shape index (κ3) is 2.51. The number of nitrogens with one attached hydrogen (secondary N) is 1. The maximum atomic E-state index is 12.0. The Morgan fingerprint density at radius 3 is 2.94 bits per heavy atom. The number of aliphatic hydroxyl groups excluding tert-OH is 1. The topological polar surface area (TPSA) is 95.4 Å². The molecule has 0 aromatic carbocycles. The zero-order chi connectivity index (χ0) is 13.1. The number of amides is 1. The van der Waals surface area contributed by atoms with E-state index in [1.165, 1.54) is 12.3 Å².